The Morgan fingerprint density at radius 1 is 0.884 bits per heavy atom. The van der Waals surface area contributed by atoms with E-state index in [2.05, 4.69) is 5.32 Å². The highest BCUT2D eigenvalue weighted by Crippen LogP contribution is 2.26. The molecule has 0 aliphatic heterocycles. The number of amides is 2. The van der Waals surface area contributed by atoms with Crippen LogP contribution in [0.2, 0.25) is 10.0 Å². The van der Waals surface area contributed by atoms with Crippen molar-refractivity contribution in [2.45, 2.75) is 71.0 Å². The second-order valence-corrected chi connectivity index (χ2v) is 14.2. The molecule has 3 aromatic carbocycles. The number of benzene rings is 3. The molecule has 43 heavy (non-hydrogen) atoms. The molecule has 1 saturated carbocycles. The van der Waals surface area contributed by atoms with Crippen molar-refractivity contribution in [2.75, 3.05) is 17.1 Å². The van der Waals surface area contributed by atoms with Gasteiger partial charge in [0.1, 0.15) is 12.6 Å². The van der Waals surface area contributed by atoms with Gasteiger partial charge in [0.05, 0.1) is 22.0 Å². The fraction of sp³-hybridized carbons (Fsp3) is 0.394. The summed E-state index contributed by atoms with van der Waals surface area (Å²) in [5, 5.41) is 3.90. The molecular formula is C33H39Cl2N3O4S. The topological polar surface area (TPSA) is 86.8 Å². The van der Waals surface area contributed by atoms with Crippen molar-refractivity contribution in [2.24, 2.45) is 0 Å². The van der Waals surface area contributed by atoms with Gasteiger partial charge in [-0.25, -0.2) is 8.42 Å². The van der Waals surface area contributed by atoms with Gasteiger partial charge < -0.3 is 10.2 Å². The van der Waals surface area contributed by atoms with Gasteiger partial charge in [-0.15, -0.1) is 0 Å². The Balaban J connectivity index is 1.75. The van der Waals surface area contributed by atoms with E-state index in [0.717, 1.165) is 59.4 Å². The maximum absolute atomic E-state index is 14.3. The molecule has 1 aliphatic rings. The van der Waals surface area contributed by atoms with Crippen molar-refractivity contribution in [3.63, 3.8) is 0 Å². The second kappa shape index (κ2) is 14.6. The van der Waals surface area contributed by atoms with E-state index in [9.17, 15) is 18.0 Å². The summed E-state index contributed by atoms with van der Waals surface area (Å²) in [7, 11) is -3.85. The highest BCUT2D eigenvalue weighted by molar-refractivity contribution is 7.92. The van der Waals surface area contributed by atoms with Gasteiger partial charge in [-0.3, -0.25) is 13.9 Å². The van der Waals surface area contributed by atoms with Crippen LogP contribution in [0, 0.1) is 13.8 Å². The molecule has 0 heterocycles. The molecule has 1 aliphatic carbocycles. The number of carbonyl (C=O) groups excluding carboxylic acids is 2. The smallest absolute Gasteiger partial charge is 0.244 e. The molecule has 0 aromatic heterocycles. The van der Waals surface area contributed by atoms with Crippen molar-refractivity contribution in [3.8, 4) is 0 Å². The number of nitrogens with one attached hydrogen (secondary N) is 1. The minimum atomic E-state index is -3.85. The summed E-state index contributed by atoms with van der Waals surface area (Å²) in [5.74, 6) is -0.767. The third-order valence-corrected chi connectivity index (χ3v) is 9.61. The normalized spacial score (nSPS) is 14.6. The third-order valence-electron chi connectivity index (χ3n) is 7.73. The lowest BCUT2D eigenvalue weighted by atomic mass is 9.94. The van der Waals surface area contributed by atoms with Gasteiger partial charge in [0.2, 0.25) is 21.8 Å². The molecule has 1 N–H and O–H groups in total. The number of sulfonamides is 1. The monoisotopic (exact) mass is 643 g/mol. The number of anilines is 1. The SMILES string of the molecule is Cc1cc(C)cc(N(CC(=O)N(Cc2ccc(Cl)c(Cl)c2)[C@@H](Cc2ccccc2)C(=O)NC2CCCCC2)S(C)(=O)=O)c1. The van der Waals surface area contributed by atoms with Crippen LogP contribution in [0.3, 0.4) is 0 Å². The molecule has 1 fully saturated rings. The fourth-order valence-electron chi connectivity index (χ4n) is 5.64. The average Bonchev–Trinajstić information content (AvgIpc) is 2.95. The zero-order chi connectivity index (χ0) is 31.1. The lowest BCUT2D eigenvalue weighted by molar-refractivity contribution is -0.140. The van der Waals surface area contributed by atoms with Gasteiger partial charge in [-0.2, -0.15) is 0 Å². The summed E-state index contributed by atoms with van der Waals surface area (Å²) >= 11 is 12.5. The Morgan fingerprint density at radius 3 is 2.14 bits per heavy atom. The zero-order valence-corrected chi connectivity index (χ0v) is 27.2. The first-order chi connectivity index (χ1) is 20.4. The number of aryl methyl sites for hydroxylation is 2. The van der Waals surface area contributed by atoms with Gasteiger partial charge >= 0.3 is 0 Å². The van der Waals surface area contributed by atoms with Crippen LogP contribution in [0.5, 0.6) is 0 Å². The molecule has 0 unspecified atom stereocenters. The van der Waals surface area contributed by atoms with Crippen molar-refractivity contribution in [1.29, 1.82) is 0 Å². The zero-order valence-electron chi connectivity index (χ0n) is 24.9. The number of hydrogen-bond acceptors (Lipinski definition) is 4. The maximum Gasteiger partial charge on any atom is 0.244 e. The van der Waals surface area contributed by atoms with E-state index < -0.39 is 28.5 Å². The highest BCUT2D eigenvalue weighted by atomic mass is 35.5. The summed E-state index contributed by atoms with van der Waals surface area (Å²) < 4.78 is 27.2. The lowest BCUT2D eigenvalue weighted by Gasteiger charge is -2.35. The predicted molar refractivity (Wildman–Crippen MR) is 174 cm³/mol. The van der Waals surface area contributed by atoms with Crippen LogP contribution in [-0.2, 0) is 32.6 Å². The first-order valence-corrected chi connectivity index (χ1v) is 17.1. The summed E-state index contributed by atoms with van der Waals surface area (Å²) in [4.78, 5) is 29.8. The Hall–Kier alpha value is -3.07. The Morgan fingerprint density at radius 2 is 1.53 bits per heavy atom. The van der Waals surface area contributed by atoms with Gasteiger partial charge in [0.25, 0.3) is 0 Å². The Labute approximate surface area is 265 Å². The van der Waals surface area contributed by atoms with E-state index in [1.165, 1.54) is 4.90 Å². The quantitative estimate of drug-likeness (QED) is 0.260. The maximum atomic E-state index is 14.3. The van der Waals surface area contributed by atoms with Crippen LogP contribution in [0.1, 0.15) is 54.4 Å². The number of carbonyl (C=O) groups is 2. The van der Waals surface area contributed by atoms with Crippen LogP contribution in [-0.4, -0.2) is 50.0 Å². The van der Waals surface area contributed by atoms with Crippen LogP contribution in [0.25, 0.3) is 0 Å². The van der Waals surface area contributed by atoms with E-state index >= 15 is 0 Å². The van der Waals surface area contributed by atoms with Crippen molar-refractivity contribution >= 4 is 50.7 Å². The summed E-state index contributed by atoms with van der Waals surface area (Å²) in [6, 6.07) is 19.1. The van der Waals surface area contributed by atoms with Gasteiger partial charge in [0.15, 0.2) is 0 Å². The second-order valence-electron chi connectivity index (χ2n) is 11.4. The molecule has 0 bridgehead atoms. The van der Waals surface area contributed by atoms with E-state index in [1.807, 2.05) is 50.2 Å². The number of hydrogen-bond donors (Lipinski definition) is 1. The molecule has 2 amide bonds. The Bertz CT molecular complexity index is 1520. The highest BCUT2D eigenvalue weighted by Gasteiger charge is 2.34. The van der Waals surface area contributed by atoms with Crippen LogP contribution in [0.15, 0.2) is 66.7 Å². The summed E-state index contributed by atoms with van der Waals surface area (Å²) in [5.41, 5.74) is 3.69. The molecule has 1 atom stereocenters. The van der Waals surface area contributed by atoms with E-state index in [1.54, 1.807) is 30.3 Å². The number of rotatable bonds is 11. The third kappa shape index (κ3) is 9.21. The minimum Gasteiger partial charge on any atom is -0.352 e. The molecular weight excluding hydrogens is 605 g/mol. The minimum absolute atomic E-state index is 0.0317. The van der Waals surface area contributed by atoms with Crippen molar-refractivity contribution in [1.82, 2.24) is 10.2 Å². The molecule has 0 spiro atoms. The van der Waals surface area contributed by atoms with Gasteiger partial charge in [-0.1, -0.05) is 84.9 Å². The van der Waals surface area contributed by atoms with Crippen LogP contribution in [0.4, 0.5) is 5.69 Å². The molecule has 0 saturated heterocycles. The molecule has 230 valence electrons. The summed E-state index contributed by atoms with van der Waals surface area (Å²) in [6.45, 7) is 3.32. The number of nitrogens with zero attached hydrogens (tertiary/aromatic N) is 2. The van der Waals surface area contributed by atoms with Crippen molar-refractivity contribution in [3.05, 3.63) is 99.0 Å². The first kappa shape index (κ1) is 32.8. The van der Waals surface area contributed by atoms with Crippen molar-refractivity contribution < 1.29 is 18.0 Å². The number of halogens is 2. The molecule has 3 aromatic rings. The van der Waals surface area contributed by atoms with E-state index in [-0.39, 0.29) is 24.9 Å². The average molecular weight is 645 g/mol. The van der Waals surface area contributed by atoms with Crippen LogP contribution < -0.4 is 9.62 Å². The Kier molecular flexibility index (Phi) is 11.2. The van der Waals surface area contributed by atoms with E-state index in [0.29, 0.717) is 21.3 Å². The van der Waals surface area contributed by atoms with Gasteiger partial charge in [-0.05, 0) is 73.2 Å². The summed E-state index contributed by atoms with van der Waals surface area (Å²) in [6.07, 6.45) is 6.34. The van der Waals surface area contributed by atoms with E-state index in [4.69, 9.17) is 23.2 Å². The van der Waals surface area contributed by atoms with Crippen LogP contribution >= 0.6 is 23.2 Å². The molecule has 0 radical (unpaired) electrons. The van der Waals surface area contributed by atoms with Gasteiger partial charge in [0, 0.05) is 19.0 Å². The lowest BCUT2D eigenvalue weighted by Crippen LogP contribution is -2.55. The molecule has 7 nitrogen and oxygen atoms in total. The first-order valence-electron chi connectivity index (χ1n) is 14.5. The fourth-order valence-corrected chi connectivity index (χ4v) is 6.80. The largest absolute Gasteiger partial charge is 0.352 e. The predicted octanol–water partition coefficient (Wildman–Crippen LogP) is 6.47. The molecule has 10 heteroatoms. The molecule has 4 rings (SSSR count). The standard InChI is InChI=1S/C33H39Cl2N3O4S/c1-23-16-24(2)18-28(17-23)38(43(3,41)42)22-32(39)37(21-26-14-15-29(34)30(35)19-26)31(20-25-10-6-4-7-11-25)33(40)36-27-12-8-5-9-13-27/h4,6-7,10-11,14-19,27,31H,5,8-9,12-13,20-22H2,1-3H3,(H,36,40)/t31-/m0/s1.